The highest BCUT2D eigenvalue weighted by Crippen LogP contribution is 2.22. The summed E-state index contributed by atoms with van der Waals surface area (Å²) in [5, 5.41) is 1.00. The fraction of sp³-hybridized carbons (Fsp3) is 0.333. The van der Waals surface area contributed by atoms with Gasteiger partial charge in [0.25, 0.3) is 0 Å². The summed E-state index contributed by atoms with van der Waals surface area (Å²) in [6, 6.07) is 7.74. The molecule has 2 N–H and O–H groups in total. The molecule has 1 heterocycles. The van der Waals surface area contributed by atoms with E-state index in [1.165, 1.54) is 4.70 Å². The topological polar surface area (TPSA) is 59.2 Å². The molecule has 1 aromatic carbocycles. The second kappa shape index (κ2) is 4.81. The van der Waals surface area contributed by atoms with Crippen LogP contribution in [0.2, 0.25) is 0 Å². The van der Waals surface area contributed by atoms with Crippen LogP contribution in [-0.4, -0.2) is 28.9 Å². The maximum absolute atomic E-state index is 11.1. The van der Waals surface area contributed by atoms with E-state index in [0.29, 0.717) is 6.54 Å². The molecule has 0 bridgehead atoms. The lowest BCUT2D eigenvalue weighted by molar-refractivity contribution is -0.122. The minimum absolute atomic E-state index is 0.276. The molecular formula is C12H15N3OS. The number of nitrogens with two attached hydrogens (primary N) is 1. The van der Waals surface area contributed by atoms with Gasteiger partial charge in [0.15, 0.2) is 0 Å². The first-order valence-electron chi connectivity index (χ1n) is 5.42. The smallest absolute Gasteiger partial charge is 0.234 e. The van der Waals surface area contributed by atoms with Gasteiger partial charge in [-0.1, -0.05) is 12.1 Å². The number of hydrogen-bond donors (Lipinski definition) is 1. The lowest BCUT2D eigenvalue weighted by atomic mass is 10.3. The van der Waals surface area contributed by atoms with Crippen molar-refractivity contribution in [2.75, 3.05) is 7.05 Å². The van der Waals surface area contributed by atoms with Gasteiger partial charge >= 0.3 is 0 Å². The zero-order valence-corrected chi connectivity index (χ0v) is 10.7. The number of primary amides is 1. The first-order chi connectivity index (χ1) is 8.08. The third-order valence-electron chi connectivity index (χ3n) is 2.80. The zero-order valence-electron chi connectivity index (χ0n) is 9.88. The average molecular weight is 249 g/mol. The van der Waals surface area contributed by atoms with Crippen molar-refractivity contribution < 1.29 is 4.79 Å². The van der Waals surface area contributed by atoms with Crippen molar-refractivity contribution in [2.24, 2.45) is 5.73 Å². The summed E-state index contributed by atoms with van der Waals surface area (Å²) in [6.07, 6.45) is 0. The van der Waals surface area contributed by atoms with Crippen molar-refractivity contribution in [1.82, 2.24) is 9.88 Å². The highest BCUT2D eigenvalue weighted by atomic mass is 32.1. The number of para-hydroxylation sites is 1. The molecule has 0 aliphatic heterocycles. The van der Waals surface area contributed by atoms with E-state index < -0.39 is 0 Å². The lowest BCUT2D eigenvalue weighted by Gasteiger charge is -2.20. The van der Waals surface area contributed by atoms with Gasteiger partial charge in [-0.15, -0.1) is 11.3 Å². The summed E-state index contributed by atoms with van der Waals surface area (Å²) < 4.78 is 1.17. The van der Waals surface area contributed by atoms with Gasteiger partial charge in [-0.2, -0.15) is 0 Å². The number of rotatable bonds is 4. The molecule has 2 rings (SSSR count). The fourth-order valence-electron chi connectivity index (χ4n) is 1.56. The highest BCUT2D eigenvalue weighted by molar-refractivity contribution is 7.18. The molecule has 1 atom stereocenters. The molecule has 1 aromatic heterocycles. The van der Waals surface area contributed by atoms with Crippen molar-refractivity contribution in [2.45, 2.75) is 19.5 Å². The molecule has 17 heavy (non-hydrogen) atoms. The molecule has 0 radical (unpaired) electrons. The molecule has 2 aromatic rings. The number of nitrogens with zero attached hydrogens (tertiary/aromatic N) is 2. The van der Waals surface area contributed by atoms with Crippen LogP contribution in [0.15, 0.2) is 24.3 Å². The van der Waals surface area contributed by atoms with Gasteiger partial charge < -0.3 is 5.73 Å². The zero-order chi connectivity index (χ0) is 12.4. The van der Waals surface area contributed by atoms with Crippen LogP contribution in [-0.2, 0) is 11.3 Å². The molecule has 0 aliphatic carbocycles. The highest BCUT2D eigenvalue weighted by Gasteiger charge is 2.16. The normalized spacial score (nSPS) is 13.1. The van der Waals surface area contributed by atoms with E-state index in [4.69, 9.17) is 5.73 Å². The van der Waals surface area contributed by atoms with E-state index in [9.17, 15) is 4.79 Å². The predicted octanol–water partition coefficient (Wildman–Crippen LogP) is 1.60. The first-order valence-corrected chi connectivity index (χ1v) is 6.23. The number of hydrogen-bond acceptors (Lipinski definition) is 4. The molecule has 90 valence electrons. The summed E-state index contributed by atoms with van der Waals surface area (Å²) >= 11 is 1.65. The number of carbonyl (C=O) groups excluding carboxylic acids is 1. The van der Waals surface area contributed by atoms with Crippen molar-refractivity contribution in [3.05, 3.63) is 29.3 Å². The van der Waals surface area contributed by atoms with Crippen molar-refractivity contribution >= 4 is 27.5 Å². The lowest BCUT2D eigenvalue weighted by Crippen LogP contribution is -2.39. The molecule has 0 aliphatic rings. The van der Waals surface area contributed by atoms with Crippen molar-refractivity contribution in [3.63, 3.8) is 0 Å². The van der Waals surface area contributed by atoms with E-state index in [1.807, 2.05) is 36.2 Å². The summed E-state index contributed by atoms with van der Waals surface area (Å²) in [4.78, 5) is 17.5. The van der Waals surface area contributed by atoms with Crippen molar-refractivity contribution in [1.29, 1.82) is 0 Å². The van der Waals surface area contributed by atoms with Crippen LogP contribution < -0.4 is 5.73 Å². The number of fused-ring (bicyclic) bond motifs is 1. The second-order valence-electron chi connectivity index (χ2n) is 4.07. The van der Waals surface area contributed by atoms with E-state index in [-0.39, 0.29) is 11.9 Å². The molecule has 1 amide bonds. The first kappa shape index (κ1) is 12.0. The van der Waals surface area contributed by atoms with E-state index >= 15 is 0 Å². The monoisotopic (exact) mass is 249 g/mol. The number of thiazole rings is 1. The maximum Gasteiger partial charge on any atom is 0.234 e. The molecule has 0 saturated heterocycles. The van der Waals surface area contributed by atoms with Gasteiger partial charge in [-0.05, 0) is 26.1 Å². The Kier molecular flexibility index (Phi) is 3.40. The van der Waals surface area contributed by atoms with Gasteiger partial charge in [0.1, 0.15) is 5.01 Å². The van der Waals surface area contributed by atoms with E-state index in [1.54, 1.807) is 18.3 Å². The summed E-state index contributed by atoms with van der Waals surface area (Å²) in [5.74, 6) is -0.311. The van der Waals surface area contributed by atoms with Crippen LogP contribution >= 0.6 is 11.3 Å². The predicted molar refractivity (Wildman–Crippen MR) is 69.7 cm³/mol. The minimum atomic E-state index is -0.311. The van der Waals surface area contributed by atoms with Gasteiger partial charge in [0.2, 0.25) is 5.91 Å². The Morgan fingerprint density at radius 1 is 1.53 bits per heavy atom. The Morgan fingerprint density at radius 3 is 2.88 bits per heavy atom. The Morgan fingerprint density at radius 2 is 2.24 bits per heavy atom. The van der Waals surface area contributed by atoms with Crippen LogP contribution in [0.4, 0.5) is 0 Å². The van der Waals surface area contributed by atoms with Crippen LogP contribution in [0.3, 0.4) is 0 Å². The summed E-state index contributed by atoms with van der Waals surface area (Å²) in [5.41, 5.74) is 6.28. The van der Waals surface area contributed by atoms with Crippen LogP contribution in [0.5, 0.6) is 0 Å². The quantitative estimate of drug-likeness (QED) is 0.895. The van der Waals surface area contributed by atoms with Crippen LogP contribution in [0.25, 0.3) is 10.2 Å². The molecular weight excluding hydrogens is 234 g/mol. The van der Waals surface area contributed by atoms with Gasteiger partial charge in [0.05, 0.1) is 22.8 Å². The number of benzene rings is 1. The Labute approximate surface area is 104 Å². The molecule has 4 nitrogen and oxygen atoms in total. The molecule has 0 spiro atoms. The summed E-state index contributed by atoms with van der Waals surface area (Å²) in [7, 11) is 1.88. The fourth-order valence-corrected chi connectivity index (χ4v) is 2.59. The van der Waals surface area contributed by atoms with Crippen LogP contribution in [0.1, 0.15) is 11.9 Å². The van der Waals surface area contributed by atoms with E-state index in [0.717, 1.165) is 10.5 Å². The summed E-state index contributed by atoms with van der Waals surface area (Å²) in [6.45, 7) is 2.44. The standard InChI is InChI=1S/C12H15N3OS/c1-8(12(13)16)15(2)7-11-14-9-5-3-4-6-10(9)17-11/h3-6,8H,7H2,1-2H3,(H2,13,16)/t8-/m0/s1. The molecule has 0 saturated carbocycles. The van der Waals surface area contributed by atoms with Gasteiger partial charge in [-0.25, -0.2) is 4.98 Å². The molecule has 0 unspecified atom stereocenters. The molecule has 0 fully saturated rings. The minimum Gasteiger partial charge on any atom is -0.368 e. The van der Waals surface area contributed by atoms with E-state index in [2.05, 4.69) is 4.98 Å². The Bertz CT molecular complexity index is 504. The number of aromatic nitrogens is 1. The second-order valence-corrected chi connectivity index (χ2v) is 5.18. The third kappa shape index (κ3) is 2.62. The average Bonchev–Trinajstić information content (AvgIpc) is 2.69. The van der Waals surface area contributed by atoms with Crippen LogP contribution in [0, 0.1) is 0 Å². The Hall–Kier alpha value is -1.46. The number of carbonyl (C=O) groups is 1. The number of likely N-dealkylation sites (N-methyl/N-ethyl adjacent to an activating group) is 1. The van der Waals surface area contributed by atoms with Gasteiger partial charge in [0, 0.05) is 0 Å². The van der Waals surface area contributed by atoms with Gasteiger partial charge in [-0.3, -0.25) is 9.69 Å². The number of amides is 1. The van der Waals surface area contributed by atoms with Crippen molar-refractivity contribution in [3.8, 4) is 0 Å². The maximum atomic E-state index is 11.1. The Balaban J connectivity index is 2.15. The third-order valence-corrected chi connectivity index (χ3v) is 3.82. The largest absolute Gasteiger partial charge is 0.368 e. The molecule has 5 heteroatoms. The SMILES string of the molecule is C[C@@H](C(N)=O)N(C)Cc1nc2ccccc2s1.